The van der Waals surface area contributed by atoms with Gasteiger partial charge in [0.2, 0.25) is 21.1 Å². The van der Waals surface area contributed by atoms with E-state index in [1.54, 1.807) is 18.2 Å². The van der Waals surface area contributed by atoms with Gasteiger partial charge in [-0.25, -0.2) is 8.42 Å². The molecule has 2 aromatic carbocycles. The lowest BCUT2D eigenvalue weighted by atomic mass is 10.2. The summed E-state index contributed by atoms with van der Waals surface area (Å²) in [6.45, 7) is 3.40. The van der Waals surface area contributed by atoms with Crippen LogP contribution < -0.4 is 9.62 Å². The van der Waals surface area contributed by atoms with Gasteiger partial charge in [0.05, 0.1) is 11.9 Å². The quantitative estimate of drug-likeness (QED) is 0.666. The number of carbonyl (C=O) groups is 1. The van der Waals surface area contributed by atoms with Gasteiger partial charge in [-0.15, -0.1) is 10.2 Å². The normalized spacial score (nSPS) is 12.4. The maximum atomic E-state index is 12.7. The first kappa shape index (κ1) is 20.0. The molecule has 7 nitrogen and oxygen atoms in total. The molecule has 28 heavy (non-hydrogen) atoms. The minimum absolute atomic E-state index is 0.313. The summed E-state index contributed by atoms with van der Waals surface area (Å²) in [6.07, 6.45) is 1.08. The lowest BCUT2D eigenvalue weighted by Gasteiger charge is -2.28. The van der Waals surface area contributed by atoms with Gasteiger partial charge in [-0.3, -0.25) is 14.4 Å². The molecule has 1 amide bonds. The Bertz CT molecular complexity index is 1080. The van der Waals surface area contributed by atoms with Gasteiger partial charge < -0.3 is 0 Å². The number of rotatable bonds is 6. The number of hydrogen-bond donors (Lipinski definition) is 1. The van der Waals surface area contributed by atoms with Crippen molar-refractivity contribution < 1.29 is 13.2 Å². The molecule has 146 valence electrons. The number of sulfonamides is 1. The minimum atomic E-state index is -3.67. The summed E-state index contributed by atoms with van der Waals surface area (Å²) in [6, 6.07) is 15.5. The van der Waals surface area contributed by atoms with Gasteiger partial charge in [-0.2, -0.15) is 0 Å². The highest BCUT2D eigenvalue weighted by atomic mass is 32.2. The molecule has 0 unspecified atom stereocenters. The maximum Gasteiger partial charge on any atom is 0.249 e. The highest BCUT2D eigenvalue weighted by Crippen LogP contribution is 2.27. The smallest absolute Gasteiger partial charge is 0.249 e. The van der Waals surface area contributed by atoms with Crippen molar-refractivity contribution in [3.63, 3.8) is 0 Å². The van der Waals surface area contributed by atoms with Gasteiger partial charge in [-0.05, 0) is 31.5 Å². The summed E-state index contributed by atoms with van der Waals surface area (Å²) in [5.41, 5.74) is 2.23. The Morgan fingerprint density at radius 3 is 2.46 bits per heavy atom. The van der Waals surface area contributed by atoms with Crippen LogP contribution in [0.25, 0.3) is 10.6 Å². The Hall–Kier alpha value is -2.78. The van der Waals surface area contributed by atoms with E-state index in [2.05, 4.69) is 15.5 Å². The molecule has 1 atom stereocenters. The van der Waals surface area contributed by atoms with Crippen molar-refractivity contribution in [2.45, 2.75) is 19.9 Å². The van der Waals surface area contributed by atoms with E-state index in [0.717, 1.165) is 21.7 Å². The predicted molar refractivity (Wildman–Crippen MR) is 112 cm³/mol. The van der Waals surface area contributed by atoms with Crippen LogP contribution in [0.3, 0.4) is 0 Å². The molecular formula is C19H20N4O3S2. The lowest BCUT2D eigenvalue weighted by molar-refractivity contribution is -0.116. The fourth-order valence-corrected chi connectivity index (χ4v) is 4.67. The highest BCUT2D eigenvalue weighted by molar-refractivity contribution is 7.92. The molecule has 0 radical (unpaired) electrons. The second kappa shape index (κ2) is 8.07. The maximum absolute atomic E-state index is 12.7. The van der Waals surface area contributed by atoms with E-state index in [9.17, 15) is 13.2 Å². The average molecular weight is 417 g/mol. The number of amides is 1. The summed E-state index contributed by atoms with van der Waals surface area (Å²) < 4.78 is 25.8. The standard InChI is InChI=1S/C19H20N4O3S2/c1-13-8-7-11-16(12-13)23(28(3,25)26)14(2)17(24)20-19-22-21-18(27-19)15-9-5-4-6-10-15/h4-12,14H,1-3H3,(H,20,22,24)/t14-/m0/s1. The third-order valence-corrected chi connectivity index (χ3v) is 6.15. The Morgan fingerprint density at radius 2 is 1.82 bits per heavy atom. The molecule has 0 fully saturated rings. The molecule has 1 N–H and O–H groups in total. The molecule has 0 aliphatic heterocycles. The van der Waals surface area contributed by atoms with Gasteiger partial charge in [0.25, 0.3) is 0 Å². The van der Waals surface area contributed by atoms with Crippen LogP contribution >= 0.6 is 11.3 Å². The Labute approximate surface area is 168 Å². The van der Waals surface area contributed by atoms with E-state index in [1.165, 1.54) is 18.3 Å². The number of anilines is 2. The van der Waals surface area contributed by atoms with Crippen LogP contribution in [0.4, 0.5) is 10.8 Å². The molecule has 0 aliphatic carbocycles. The number of carbonyl (C=O) groups excluding carboxylic acids is 1. The van der Waals surface area contributed by atoms with E-state index in [4.69, 9.17) is 0 Å². The zero-order valence-corrected chi connectivity index (χ0v) is 17.3. The van der Waals surface area contributed by atoms with Gasteiger partial charge in [-0.1, -0.05) is 53.8 Å². The second-order valence-electron chi connectivity index (χ2n) is 6.34. The first-order valence-electron chi connectivity index (χ1n) is 8.51. The Morgan fingerprint density at radius 1 is 1.11 bits per heavy atom. The number of nitrogens with one attached hydrogen (secondary N) is 1. The van der Waals surface area contributed by atoms with Crippen molar-refractivity contribution in [2.24, 2.45) is 0 Å². The summed E-state index contributed by atoms with van der Waals surface area (Å²) in [5.74, 6) is -0.484. The lowest BCUT2D eigenvalue weighted by Crippen LogP contribution is -2.45. The number of aryl methyl sites for hydroxylation is 1. The van der Waals surface area contributed by atoms with Gasteiger partial charge in [0.1, 0.15) is 11.0 Å². The van der Waals surface area contributed by atoms with Crippen LogP contribution in [0.5, 0.6) is 0 Å². The van der Waals surface area contributed by atoms with Crippen molar-refractivity contribution in [3.05, 3.63) is 60.2 Å². The SMILES string of the molecule is Cc1cccc(N([C@@H](C)C(=O)Nc2nnc(-c3ccccc3)s2)S(C)(=O)=O)c1. The van der Waals surface area contributed by atoms with Crippen molar-refractivity contribution >= 4 is 38.1 Å². The fourth-order valence-electron chi connectivity index (χ4n) is 2.75. The van der Waals surface area contributed by atoms with Gasteiger partial charge in [0.15, 0.2) is 0 Å². The molecule has 1 aromatic heterocycles. The molecule has 3 aromatic rings. The second-order valence-corrected chi connectivity index (χ2v) is 9.18. The number of aromatic nitrogens is 2. The zero-order valence-electron chi connectivity index (χ0n) is 15.7. The molecule has 0 bridgehead atoms. The summed E-state index contributed by atoms with van der Waals surface area (Å²) in [4.78, 5) is 12.7. The molecule has 3 rings (SSSR count). The average Bonchev–Trinajstić information content (AvgIpc) is 3.10. The molecule has 1 heterocycles. The van der Waals surface area contributed by atoms with Crippen molar-refractivity contribution in [1.29, 1.82) is 0 Å². The molecule has 9 heteroatoms. The number of benzene rings is 2. The van der Waals surface area contributed by atoms with Crippen molar-refractivity contribution in [3.8, 4) is 10.6 Å². The van der Waals surface area contributed by atoms with Crippen molar-refractivity contribution in [1.82, 2.24) is 10.2 Å². The van der Waals surface area contributed by atoms with E-state index in [1.807, 2.05) is 43.3 Å². The van der Waals surface area contributed by atoms with Gasteiger partial charge in [0, 0.05) is 5.56 Å². The van der Waals surface area contributed by atoms with Crippen LogP contribution in [0.15, 0.2) is 54.6 Å². The van der Waals surface area contributed by atoms with E-state index in [-0.39, 0.29) is 0 Å². The van der Waals surface area contributed by atoms with Crippen LogP contribution in [0.2, 0.25) is 0 Å². The molecule has 0 spiro atoms. The van der Waals surface area contributed by atoms with Crippen LogP contribution in [-0.2, 0) is 14.8 Å². The third-order valence-electron chi connectivity index (χ3n) is 4.02. The summed E-state index contributed by atoms with van der Waals surface area (Å²) >= 11 is 1.23. The molecule has 0 aliphatic rings. The highest BCUT2D eigenvalue weighted by Gasteiger charge is 2.29. The van der Waals surface area contributed by atoms with Crippen LogP contribution in [0.1, 0.15) is 12.5 Å². The van der Waals surface area contributed by atoms with Crippen molar-refractivity contribution in [2.75, 3.05) is 15.9 Å². The first-order chi connectivity index (χ1) is 13.3. The number of nitrogens with zero attached hydrogens (tertiary/aromatic N) is 3. The minimum Gasteiger partial charge on any atom is -0.299 e. The predicted octanol–water partition coefficient (Wildman–Crippen LogP) is 3.31. The van der Waals surface area contributed by atoms with E-state index in [0.29, 0.717) is 15.8 Å². The zero-order chi connectivity index (χ0) is 20.3. The molecule has 0 saturated carbocycles. The summed E-state index contributed by atoms with van der Waals surface area (Å²) in [5, 5.41) is 11.7. The third kappa shape index (κ3) is 4.55. The first-order valence-corrected chi connectivity index (χ1v) is 11.2. The Balaban J connectivity index is 1.82. The fraction of sp³-hybridized carbons (Fsp3) is 0.211. The molecular weight excluding hydrogens is 396 g/mol. The van der Waals surface area contributed by atoms with Gasteiger partial charge >= 0.3 is 0 Å². The van der Waals surface area contributed by atoms with E-state index >= 15 is 0 Å². The monoisotopic (exact) mass is 416 g/mol. The Kier molecular flexibility index (Phi) is 5.76. The van der Waals surface area contributed by atoms with E-state index < -0.39 is 22.0 Å². The topological polar surface area (TPSA) is 92.3 Å². The van der Waals surface area contributed by atoms with Crippen LogP contribution in [0, 0.1) is 6.92 Å². The van der Waals surface area contributed by atoms with Crippen LogP contribution in [-0.4, -0.2) is 36.8 Å². The number of hydrogen-bond acceptors (Lipinski definition) is 6. The molecule has 0 saturated heterocycles. The largest absolute Gasteiger partial charge is 0.299 e. The summed E-state index contributed by atoms with van der Waals surface area (Å²) in [7, 11) is -3.67.